The number of ether oxygens (including phenoxy) is 1. The number of nitrogens with two attached hydrogens (primary N) is 1. The van der Waals surface area contributed by atoms with Crippen LogP contribution in [0.4, 0.5) is 10.1 Å². The summed E-state index contributed by atoms with van der Waals surface area (Å²) in [5, 5.41) is 0.911. The zero-order chi connectivity index (χ0) is 19.1. The van der Waals surface area contributed by atoms with Gasteiger partial charge in [0.2, 0.25) is 0 Å². The molecule has 0 bridgehead atoms. The van der Waals surface area contributed by atoms with Crippen molar-refractivity contribution >= 4 is 44.8 Å². The number of rotatable bonds is 3. The van der Waals surface area contributed by atoms with Crippen LogP contribution < -0.4 is 5.73 Å². The summed E-state index contributed by atoms with van der Waals surface area (Å²) in [6.45, 7) is 1.99. The zero-order valence-electron chi connectivity index (χ0n) is 14.8. The third-order valence-corrected chi connectivity index (χ3v) is 6.22. The quantitative estimate of drug-likeness (QED) is 0.594. The Morgan fingerprint density at radius 1 is 1.33 bits per heavy atom. The molecule has 0 radical (unpaired) electrons. The van der Waals surface area contributed by atoms with Gasteiger partial charge in [0.15, 0.2) is 0 Å². The van der Waals surface area contributed by atoms with Gasteiger partial charge in [-0.1, -0.05) is 17.7 Å². The van der Waals surface area contributed by atoms with Crippen LogP contribution >= 0.6 is 22.9 Å². The number of hydrogen-bond acceptors (Lipinski definition) is 5. The molecule has 0 atom stereocenters. The number of aryl methyl sites for hydroxylation is 1. The minimum atomic E-state index is -0.485. The lowest BCUT2D eigenvalue weighted by Gasteiger charge is -2.21. The van der Waals surface area contributed by atoms with E-state index in [2.05, 4.69) is 0 Å². The number of pyridine rings is 1. The number of thiophene rings is 1. The van der Waals surface area contributed by atoms with Crippen LogP contribution in [-0.4, -0.2) is 17.6 Å². The Morgan fingerprint density at radius 2 is 2.11 bits per heavy atom. The molecule has 7 heteroatoms. The molecule has 4 rings (SSSR count). The van der Waals surface area contributed by atoms with Crippen molar-refractivity contribution in [2.24, 2.45) is 0 Å². The van der Waals surface area contributed by atoms with Crippen LogP contribution in [0.5, 0.6) is 0 Å². The van der Waals surface area contributed by atoms with Crippen LogP contribution in [0.25, 0.3) is 21.3 Å². The highest BCUT2D eigenvalue weighted by Gasteiger charge is 2.28. The van der Waals surface area contributed by atoms with Crippen LogP contribution in [0.3, 0.4) is 0 Å². The van der Waals surface area contributed by atoms with Crippen molar-refractivity contribution in [3.8, 4) is 11.1 Å². The van der Waals surface area contributed by atoms with Crippen LogP contribution in [0, 0.1) is 5.82 Å². The standard InChI is InChI=1S/C20H18ClFN2O2S/c1-2-26-20(25)18-17(23)16-14(15-11(21)7-5-8-12(15)22)10-6-3-4-9-13(10)24-19(16)27-18/h5,7-8H,2-4,6,9,23H2,1H3. The van der Waals surface area contributed by atoms with Crippen LogP contribution in [0.15, 0.2) is 18.2 Å². The van der Waals surface area contributed by atoms with Gasteiger partial charge in [0.25, 0.3) is 0 Å². The van der Waals surface area contributed by atoms with Gasteiger partial charge in [0.05, 0.1) is 17.3 Å². The predicted molar refractivity (Wildman–Crippen MR) is 107 cm³/mol. The highest BCUT2D eigenvalue weighted by molar-refractivity contribution is 7.21. The summed E-state index contributed by atoms with van der Waals surface area (Å²) in [7, 11) is 0. The first kappa shape index (κ1) is 18.2. The lowest BCUT2D eigenvalue weighted by molar-refractivity contribution is 0.0533. The van der Waals surface area contributed by atoms with Crippen molar-refractivity contribution in [1.82, 2.24) is 4.98 Å². The second-order valence-corrected chi connectivity index (χ2v) is 7.87. The zero-order valence-corrected chi connectivity index (χ0v) is 16.3. The number of halogens is 2. The van der Waals surface area contributed by atoms with Crippen LogP contribution in [0.2, 0.25) is 5.02 Å². The van der Waals surface area contributed by atoms with E-state index in [0.29, 0.717) is 31.2 Å². The van der Waals surface area contributed by atoms with Gasteiger partial charge in [-0.05, 0) is 50.3 Å². The van der Waals surface area contributed by atoms with Gasteiger partial charge in [0, 0.05) is 22.2 Å². The summed E-state index contributed by atoms with van der Waals surface area (Å²) in [5.41, 5.74) is 9.52. The Hall–Kier alpha value is -2.18. The minimum Gasteiger partial charge on any atom is -0.462 e. The number of hydrogen-bond donors (Lipinski definition) is 1. The summed E-state index contributed by atoms with van der Waals surface area (Å²) in [5.74, 6) is -0.896. The summed E-state index contributed by atoms with van der Waals surface area (Å²) in [6.07, 6.45) is 3.62. The fraction of sp³-hybridized carbons (Fsp3) is 0.300. The van der Waals surface area contributed by atoms with Crippen molar-refractivity contribution in [1.29, 1.82) is 0 Å². The summed E-state index contributed by atoms with van der Waals surface area (Å²) in [6, 6.07) is 4.63. The van der Waals surface area contributed by atoms with E-state index < -0.39 is 11.8 Å². The number of aromatic nitrogens is 1. The first-order valence-electron chi connectivity index (χ1n) is 8.88. The van der Waals surface area contributed by atoms with Gasteiger partial charge in [0.1, 0.15) is 15.5 Å². The van der Waals surface area contributed by atoms with Crippen molar-refractivity contribution in [2.75, 3.05) is 12.3 Å². The molecule has 0 saturated carbocycles. The molecular formula is C20H18ClFN2O2S. The van der Waals surface area contributed by atoms with E-state index in [4.69, 9.17) is 27.1 Å². The number of fused-ring (bicyclic) bond motifs is 2. The molecule has 0 aliphatic heterocycles. The molecule has 27 heavy (non-hydrogen) atoms. The molecule has 1 aliphatic rings. The molecular weight excluding hydrogens is 387 g/mol. The highest BCUT2D eigenvalue weighted by Crippen LogP contribution is 2.46. The summed E-state index contributed by atoms with van der Waals surface area (Å²) in [4.78, 5) is 18.0. The minimum absolute atomic E-state index is 0.252. The van der Waals surface area contributed by atoms with Gasteiger partial charge in [-0.15, -0.1) is 11.3 Å². The Bertz CT molecular complexity index is 1040. The molecule has 0 fully saturated rings. The number of esters is 1. The average molecular weight is 405 g/mol. The van der Waals surface area contributed by atoms with Crippen LogP contribution in [-0.2, 0) is 17.6 Å². The maximum Gasteiger partial charge on any atom is 0.350 e. The number of nitrogens with zero attached hydrogens (tertiary/aromatic N) is 1. The third-order valence-electron chi connectivity index (χ3n) is 4.83. The molecule has 140 valence electrons. The van der Waals surface area contributed by atoms with Crippen molar-refractivity contribution in [3.63, 3.8) is 0 Å². The normalized spacial score (nSPS) is 13.6. The second-order valence-electron chi connectivity index (χ2n) is 6.46. The van der Waals surface area contributed by atoms with Gasteiger partial charge < -0.3 is 10.5 Å². The first-order chi connectivity index (χ1) is 13.0. The maximum atomic E-state index is 14.8. The molecule has 0 unspecified atom stereocenters. The Kier molecular flexibility index (Phi) is 4.78. The molecule has 0 spiro atoms. The lowest BCUT2D eigenvalue weighted by atomic mass is 9.87. The Balaban J connectivity index is 2.10. The lowest BCUT2D eigenvalue weighted by Crippen LogP contribution is -2.09. The van der Waals surface area contributed by atoms with Crippen molar-refractivity contribution in [2.45, 2.75) is 32.6 Å². The average Bonchev–Trinajstić information content (AvgIpc) is 2.97. The number of benzene rings is 1. The van der Waals surface area contributed by atoms with Gasteiger partial charge >= 0.3 is 5.97 Å². The predicted octanol–water partition coefficient (Wildman–Crippen LogP) is 5.39. The number of carbonyl (C=O) groups is 1. The third kappa shape index (κ3) is 2.97. The topological polar surface area (TPSA) is 65.2 Å². The molecule has 3 aromatic rings. The first-order valence-corrected chi connectivity index (χ1v) is 10.1. The molecule has 0 saturated heterocycles. The van der Waals surface area contributed by atoms with E-state index in [0.717, 1.165) is 36.9 Å². The molecule has 1 aliphatic carbocycles. The van der Waals surface area contributed by atoms with Gasteiger partial charge in [-0.3, -0.25) is 0 Å². The smallest absolute Gasteiger partial charge is 0.350 e. The number of anilines is 1. The monoisotopic (exact) mass is 404 g/mol. The van der Waals surface area contributed by atoms with Crippen molar-refractivity contribution in [3.05, 3.63) is 45.2 Å². The Morgan fingerprint density at radius 3 is 2.85 bits per heavy atom. The fourth-order valence-corrected chi connectivity index (χ4v) is 4.94. The van der Waals surface area contributed by atoms with E-state index in [1.807, 2.05) is 0 Å². The highest BCUT2D eigenvalue weighted by atomic mass is 35.5. The molecule has 2 N–H and O–H groups in total. The molecule has 4 nitrogen and oxygen atoms in total. The van der Waals surface area contributed by atoms with Crippen LogP contribution in [0.1, 0.15) is 40.7 Å². The fourth-order valence-electron chi connectivity index (χ4n) is 3.67. The summed E-state index contributed by atoms with van der Waals surface area (Å²) >= 11 is 7.58. The molecule has 0 amide bonds. The SMILES string of the molecule is CCOC(=O)c1sc2nc3c(c(-c4c(F)cccc4Cl)c2c1N)CCCC3. The van der Waals surface area contributed by atoms with Gasteiger partial charge in [-0.25, -0.2) is 14.2 Å². The molecule has 2 aromatic heterocycles. The number of carbonyl (C=O) groups excluding carboxylic acids is 1. The molecule has 1 aromatic carbocycles. The van der Waals surface area contributed by atoms with E-state index >= 15 is 0 Å². The van der Waals surface area contributed by atoms with E-state index in [-0.39, 0.29) is 12.3 Å². The van der Waals surface area contributed by atoms with E-state index in [1.165, 1.54) is 17.4 Å². The molecule has 2 heterocycles. The van der Waals surface area contributed by atoms with E-state index in [1.54, 1.807) is 19.1 Å². The second kappa shape index (κ2) is 7.09. The summed E-state index contributed by atoms with van der Waals surface area (Å²) < 4.78 is 19.9. The maximum absolute atomic E-state index is 14.8. The largest absolute Gasteiger partial charge is 0.462 e. The number of nitrogen functional groups attached to an aromatic ring is 1. The van der Waals surface area contributed by atoms with E-state index in [9.17, 15) is 9.18 Å². The van der Waals surface area contributed by atoms with Gasteiger partial charge in [-0.2, -0.15) is 0 Å². The Labute approximate surface area is 165 Å². The van der Waals surface area contributed by atoms with Crippen molar-refractivity contribution < 1.29 is 13.9 Å².